The summed E-state index contributed by atoms with van der Waals surface area (Å²) >= 11 is 0. The van der Waals surface area contributed by atoms with Gasteiger partial charge in [0.25, 0.3) is 0 Å². The zero-order valence-electron chi connectivity index (χ0n) is 15.0. The molecule has 1 heterocycles. The van der Waals surface area contributed by atoms with Crippen LogP contribution in [-0.2, 0) is 16.3 Å². The van der Waals surface area contributed by atoms with E-state index in [2.05, 4.69) is 38.8 Å². The van der Waals surface area contributed by atoms with Crippen LogP contribution in [0.3, 0.4) is 0 Å². The van der Waals surface area contributed by atoms with E-state index in [1.807, 2.05) is 25.3 Å². The number of sulfone groups is 1. The molecule has 2 aromatic rings. The van der Waals surface area contributed by atoms with Crippen LogP contribution in [0.1, 0.15) is 18.9 Å². The Hall–Kier alpha value is -2.15. The Kier molecular flexibility index (Phi) is 6.75. The quantitative estimate of drug-likeness (QED) is 0.579. The summed E-state index contributed by atoms with van der Waals surface area (Å²) in [5, 5.41) is 7.63. The lowest BCUT2D eigenvalue weighted by Crippen LogP contribution is -2.43. The SMILES string of the molecule is CN=C(NCCc1cccc2cccnc12)NC(C)CCS(C)(=O)=O. The fourth-order valence-electron chi connectivity index (χ4n) is 2.58. The average molecular weight is 362 g/mol. The number of para-hydroxylation sites is 1. The van der Waals surface area contributed by atoms with Crippen molar-refractivity contribution < 1.29 is 8.42 Å². The fourth-order valence-corrected chi connectivity index (χ4v) is 3.36. The summed E-state index contributed by atoms with van der Waals surface area (Å²) in [4.78, 5) is 8.66. The number of aromatic nitrogens is 1. The van der Waals surface area contributed by atoms with E-state index >= 15 is 0 Å². The molecule has 6 nitrogen and oxygen atoms in total. The predicted octanol–water partition coefficient (Wildman–Crippen LogP) is 1.77. The largest absolute Gasteiger partial charge is 0.356 e. The third kappa shape index (κ3) is 6.34. The van der Waals surface area contributed by atoms with Crippen LogP contribution in [0.2, 0.25) is 0 Å². The summed E-state index contributed by atoms with van der Waals surface area (Å²) in [5.41, 5.74) is 2.21. The number of pyridine rings is 1. The van der Waals surface area contributed by atoms with Crippen LogP contribution in [0, 0.1) is 0 Å². The highest BCUT2D eigenvalue weighted by Crippen LogP contribution is 2.15. The first kappa shape index (κ1) is 19.2. The summed E-state index contributed by atoms with van der Waals surface area (Å²) in [6.45, 7) is 2.67. The molecule has 0 saturated carbocycles. The molecule has 0 spiro atoms. The molecule has 0 aliphatic carbocycles. The van der Waals surface area contributed by atoms with Gasteiger partial charge in [-0.3, -0.25) is 9.98 Å². The van der Waals surface area contributed by atoms with E-state index in [4.69, 9.17) is 0 Å². The second-order valence-electron chi connectivity index (χ2n) is 6.21. The Labute approximate surface area is 149 Å². The molecule has 1 unspecified atom stereocenters. The summed E-state index contributed by atoms with van der Waals surface area (Å²) < 4.78 is 22.5. The summed E-state index contributed by atoms with van der Waals surface area (Å²) in [5.74, 6) is 0.842. The minimum Gasteiger partial charge on any atom is -0.356 e. The third-order valence-corrected chi connectivity index (χ3v) is 4.91. The Balaban J connectivity index is 1.86. The molecule has 0 amide bonds. The molecule has 0 fully saturated rings. The van der Waals surface area contributed by atoms with Crippen molar-refractivity contribution in [1.29, 1.82) is 0 Å². The first-order chi connectivity index (χ1) is 11.9. The number of hydrogen-bond donors (Lipinski definition) is 2. The van der Waals surface area contributed by atoms with Crippen molar-refractivity contribution in [1.82, 2.24) is 15.6 Å². The van der Waals surface area contributed by atoms with E-state index in [0.29, 0.717) is 18.9 Å². The Morgan fingerprint density at radius 3 is 2.76 bits per heavy atom. The molecule has 136 valence electrons. The number of aliphatic imine (C=N–C) groups is 1. The molecule has 1 aromatic heterocycles. The van der Waals surface area contributed by atoms with Crippen LogP contribution >= 0.6 is 0 Å². The van der Waals surface area contributed by atoms with Gasteiger partial charge in [-0.15, -0.1) is 0 Å². The average Bonchev–Trinajstić information content (AvgIpc) is 2.58. The van der Waals surface area contributed by atoms with Crippen molar-refractivity contribution in [3.63, 3.8) is 0 Å². The normalized spacial score (nSPS) is 13.6. The van der Waals surface area contributed by atoms with Crippen LogP contribution in [0.15, 0.2) is 41.5 Å². The van der Waals surface area contributed by atoms with Crippen molar-refractivity contribution in [2.45, 2.75) is 25.8 Å². The molecule has 0 aliphatic heterocycles. The second-order valence-corrected chi connectivity index (χ2v) is 8.46. The number of benzene rings is 1. The van der Waals surface area contributed by atoms with Gasteiger partial charge in [-0.1, -0.05) is 24.3 Å². The van der Waals surface area contributed by atoms with Crippen LogP contribution in [-0.4, -0.2) is 51.0 Å². The first-order valence-electron chi connectivity index (χ1n) is 8.36. The monoisotopic (exact) mass is 362 g/mol. The van der Waals surface area contributed by atoms with Crippen LogP contribution < -0.4 is 10.6 Å². The lowest BCUT2D eigenvalue weighted by molar-refractivity contribution is 0.581. The molecule has 1 atom stereocenters. The van der Waals surface area contributed by atoms with Crippen molar-refractivity contribution >= 4 is 26.7 Å². The van der Waals surface area contributed by atoms with Gasteiger partial charge in [0.1, 0.15) is 9.84 Å². The minimum atomic E-state index is -2.94. The Morgan fingerprint density at radius 2 is 2.04 bits per heavy atom. The van der Waals surface area contributed by atoms with E-state index in [1.54, 1.807) is 7.05 Å². The second kappa shape index (κ2) is 8.80. The predicted molar refractivity (Wildman–Crippen MR) is 104 cm³/mol. The van der Waals surface area contributed by atoms with Gasteiger partial charge in [-0.2, -0.15) is 0 Å². The minimum absolute atomic E-state index is 0.0279. The molecule has 2 N–H and O–H groups in total. The lowest BCUT2D eigenvalue weighted by atomic mass is 10.1. The van der Waals surface area contributed by atoms with Crippen LogP contribution in [0.4, 0.5) is 0 Å². The first-order valence-corrected chi connectivity index (χ1v) is 10.4. The molecule has 25 heavy (non-hydrogen) atoms. The zero-order chi connectivity index (χ0) is 18.3. The van der Waals surface area contributed by atoms with E-state index < -0.39 is 9.84 Å². The molecule has 0 radical (unpaired) electrons. The fraction of sp³-hybridized carbons (Fsp3) is 0.444. The van der Waals surface area contributed by atoms with Crippen LogP contribution in [0.5, 0.6) is 0 Å². The van der Waals surface area contributed by atoms with Crippen molar-refractivity contribution in [3.05, 3.63) is 42.1 Å². The number of hydrogen-bond acceptors (Lipinski definition) is 4. The highest BCUT2D eigenvalue weighted by Gasteiger charge is 2.09. The molecule has 2 rings (SSSR count). The molecule has 1 aromatic carbocycles. The number of fused-ring (bicyclic) bond motifs is 1. The van der Waals surface area contributed by atoms with Crippen LogP contribution in [0.25, 0.3) is 10.9 Å². The highest BCUT2D eigenvalue weighted by molar-refractivity contribution is 7.90. The van der Waals surface area contributed by atoms with Gasteiger partial charge in [0, 0.05) is 37.5 Å². The Morgan fingerprint density at radius 1 is 1.28 bits per heavy atom. The number of nitrogens with zero attached hydrogens (tertiary/aromatic N) is 2. The summed E-state index contributed by atoms with van der Waals surface area (Å²) in [6.07, 6.45) is 4.44. The van der Waals surface area contributed by atoms with Crippen molar-refractivity contribution in [2.75, 3.05) is 25.6 Å². The van der Waals surface area contributed by atoms with Gasteiger partial charge < -0.3 is 10.6 Å². The number of guanidine groups is 1. The van der Waals surface area contributed by atoms with Gasteiger partial charge in [-0.05, 0) is 31.4 Å². The maximum atomic E-state index is 11.2. The third-order valence-electron chi connectivity index (χ3n) is 3.93. The highest BCUT2D eigenvalue weighted by atomic mass is 32.2. The van der Waals surface area contributed by atoms with E-state index in [0.717, 1.165) is 17.3 Å². The molecule has 0 aliphatic rings. The van der Waals surface area contributed by atoms with Gasteiger partial charge in [0.05, 0.1) is 11.3 Å². The maximum absolute atomic E-state index is 11.2. The van der Waals surface area contributed by atoms with Gasteiger partial charge in [0.2, 0.25) is 0 Å². The topological polar surface area (TPSA) is 83.4 Å². The smallest absolute Gasteiger partial charge is 0.191 e. The molecule has 7 heteroatoms. The molecule has 0 saturated heterocycles. The molecule has 0 bridgehead atoms. The molecular weight excluding hydrogens is 336 g/mol. The van der Waals surface area contributed by atoms with Crippen molar-refractivity contribution in [3.8, 4) is 0 Å². The number of rotatable bonds is 7. The molecular formula is C18H26N4O2S. The van der Waals surface area contributed by atoms with E-state index in [9.17, 15) is 8.42 Å². The zero-order valence-corrected chi connectivity index (χ0v) is 15.8. The van der Waals surface area contributed by atoms with Gasteiger partial charge in [-0.25, -0.2) is 8.42 Å². The van der Waals surface area contributed by atoms with E-state index in [-0.39, 0.29) is 11.8 Å². The maximum Gasteiger partial charge on any atom is 0.191 e. The van der Waals surface area contributed by atoms with Crippen molar-refractivity contribution in [2.24, 2.45) is 4.99 Å². The lowest BCUT2D eigenvalue weighted by Gasteiger charge is -2.17. The summed E-state index contributed by atoms with van der Waals surface area (Å²) in [6, 6.07) is 10.2. The standard InChI is InChI=1S/C18H26N4O2S/c1-14(10-13-25(3,23)24)22-18(19-2)21-12-9-16-7-4-6-15-8-5-11-20-17(15)16/h4-8,11,14H,9-10,12-13H2,1-3H3,(H2,19,21,22). The summed E-state index contributed by atoms with van der Waals surface area (Å²) in [7, 11) is -1.24. The Bertz CT molecular complexity index is 829. The number of nitrogens with one attached hydrogen (secondary N) is 2. The van der Waals surface area contributed by atoms with Gasteiger partial charge in [0.15, 0.2) is 5.96 Å². The van der Waals surface area contributed by atoms with Gasteiger partial charge >= 0.3 is 0 Å². The van der Waals surface area contributed by atoms with E-state index in [1.165, 1.54) is 11.8 Å².